The SMILES string of the molecule is CCOC(=O)N1CCN(C(=O)CCN2CCc3ccccc32)CC1. The molecule has 0 spiro atoms. The number of benzene rings is 1. The molecule has 0 unspecified atom stereocenters. The molecular formula is C18H25N3O3. The third-order valence-electron chi connectivity index (χ3n) is 4.74. The van der Waals surface area contributed by atoms with E-state index in [4.69, 9.17) is 4.74 Å². The van der Waals surface area contributed by atoms with Gasteiger partial charge >= 0.3 is 6.09 Å². The molecule has 24 heavy (non-hydrogen) atoms. The van der Waals surface area contributed by atoms with E-state index in [1.807, 2.05) is 11.0 Å². The molecule has 6 nitrogen and oxygen atoms in total. The van der Waals surface area contributed by atoms with Gasteiger partial charge in [-0.05, 0) is 25.0 Å². The quantitative estimate of drug-likeness (QED) is 0.843. The molecule has 2 amide bonds. The Bertz CT molecular complexity index is 597. The average Bonchev–Trinajstić information content (AvgIpc) is 3.03. The lowest BCUT2D eigenvalue weighted by Crippen LogP contribution is -2.51. The van der Waals surface area contributed by atoms with Crippen LogP contribution in [0.2, 0.25) is 0 Å². The van der Waals surface area contributed by atoms with Gasteiger partial charge in [-0.3, -0.25) is 4.79 Å². The van der Waals surface area contributed by atoms with Gasteiger partial charge in [0.15, 0.2) is 0 Å². The van der Waals surface area contributed by atoms with E-state index in [2.05, 4.69) is 23.1 Å². The summed E-state index contributed by atoms with van der Waals surface area (Å²) in [6, 6.07) is 8.40. The Morgan fingerprint density at radius 3 is 2.50 bits per heavy atom. The van der Waals surface area contributed by atoms with Crippen molar-refractivity contribution in [2.45, 2.75) is 19.8 Å². The third-order valence-corrected chi connectivity index (χ3v) is 4.74. The largest absolute Gasteiger partial charge is 0.450 e. The Labute approximate surface area is 143 Å². The number of nitrogens with zero attached hydrogens (tertiary/aromatic N) is 3. The van der Waals surface area contributed by atoms with E-state index in [1.54, 1.807) is 11.8 Å². The smallest absolute Gasteiger partial charge is 0.409 e. The summed E-state index contributed by atoms with van der Waals surface area (Å²) in [5.41, 5.74) is 2.63. The summed E-state index contributed by atoms with van der Waals surface area (Å²) in [6.45, 7) is 6.22. The van der Waals surface area contributed by atoms with E-state index in [-0.39, 0.29) is 12.0 Å². The van der Waals surface area contributed by atoms with Crippen LogP contribution in [0.3, 0.4) is 0 Å². The van der Waals surface area contributed by atoms with Crippen molar-refractivity contribution in [1.82, 2.24) is 9.80 Å². The Morgan fingerprint density at radius 2 is 1.75 bits per heavy atom. The van der Waals surface area contributed by atoms with Crippen LogP contribution in [-0.4, -0.2) is 67.7 Å². The van der Waals surface area contributed by atoms with Gasteiger partial charge in [0.05, 0.1) is 6.61 Å². The first-order chi connectivity index (χ1) is 11.7. The van der Waals surface area contributed by atoms with Crippen molar-refractivity contribution < 1.29 is 14.3 Å². The van der Waals surface area contributed by atoms with Crippen molar-refractivity contribution in [2.75, 3.05) is 50.8 Å². The normalized spacial score (nSPS) is 17.0. The summed E-state index contributed by atoms with van der Waals surface area (Å²) in [6.07, 6.45) is 1.30. The molecule has 0 aliphatic carbocycles. The summed E-state index contributed by atoms with van der Waals surface area (Å²) in [5.74, 6) is 0.169. The van der Waals surface area contributed by atoms with Crippen LogP contribution in [0.25, 0.3) is 0 Å². The summed E-state index contributed by atoms with van der Waals surface area (Å²) >= 11 is 0. The van der Waals surface area contributed by atoms with Crippen molar-refractivity contribution in [2.24, 2.45) is 0 Å². The van der Waals surface area contributed by atoms with E-state index >= 15 is 0 Å². The number of carbonyl (C=O) groups is 2. The Hall–Kier alpha value is -2.24. The molecule has 2 aliphatic rings. The Balaban J connectivity index is 1.45. The molecule has 0 saturated carbocycles. The Morgan fingerprint density at radius 1 is 1.04 bits per heavy atom. The molecule has 1 aromatic rings. The number of ether oxygens (including phenoxy) is 1. The molecule has 0 atom stereocenters. The van der Waals surface area contributed by atoms with Crippen molar-refractivity contribution in [1.29, 1.82) is 0 Å². The van der Waals surface area contributed by atoms with Gasteiger partial charge in [0.25, 0.3) is 0 Å². The number of carbonyl (C=O) groups excluding carboxylic acids is 2. The number of anilines is 1. The highest BCUT2D eigenvalue weighted by molar-refractivity contribution is 5.77. The van der Waals surface area contributed by atoms with Crippen LogP contribution in [-0.2, 0) is 16.0 Å². The minimum absolute atomic E-state index is 0.169. The average molecular weight is 331 g/mol. The minimum atomic E-state index is -0.279. The number of hydrogen-bond acceptors (Lipinski definition) is 4. The van der Waals surface area contributed by atoms with Crippen LogP contribution in [0.15, 0.2) is 24.3 Å². The minimum Gasteiger partial charge on any atom is -0.450 e. The Kier molecular flexibility index (Phi) is 5.23. The first kappa shape index (κ1) is 16.6. The fourth-order valence-corrected chi connectivity index (χ4v) is 3.38. The van der Waals surface area contributed by atoms with Gasteiger partial charge < -0.3 is 19.4 Å². The van der Waals surface area contributed by atoms with Gasteiger partial charge in [-0.25, -0.2) is 4.79 Å². The zero-order chi connectivity index (χ0) is 16.9. The van der Waals surface area contributed by atoms with Gasteiger partial charge in [-0.1, -0.05) is 18.2 Å². The number of para-hydroxylation sites is 1. The lowest BCUT2D eigenvalue weighted by atomic mass is 10.2. The first-order valence-electron chi connectivity index (χ1n) is 8.71. The highest BCUT2D eigenvalue weighted by atomic mass is 16.6. The molecule has 2 aliphatic heterocycles. The van der Waals surface area contributed by atoms with Crippen LogP contribution >= 0.6 is 0 Å². The second-order valence-electron chi connectivity index (χ2n) is 6.18. The molecule has 1 aromatic carbocycles. The monoisotopic (exact) mass is 331 g/mol. The van der Waals surface area contributed by atoms with Gasteiger partial charge in [0, 0.05) is 51.4 Å². The predicted molar refractivity (Wildman–Crippen MR) is 92.2 cm³/mol. The maximum atomic E-state index is 12.4. The van der Waals surface area contributed by atoms with E-state index in [0.717, 1.165) is 19.5 Å². The van der Waals surface area contributed by atoms with Crippen molar-refractivity contribution in [3.63, 3.8) is 0 Å². The maximum Gasteiger partial charge on any atom is 0.409 e. The summed E-state index contributed by atoms with van der Waals surface area (Å²) in [7, 11) is 0. The molecular weight excluding hydrogens is 306 g/mol. The van der Waals surface area contributed by atoms with Gasteiger partial charge in [-0.2, -0.15) is 0 Å². The molecule has 0 radical (unpaired) electrons. The van der Waals surface area contributed by atoms with Crippen LogP contribution < -0.4 is 4.90 Å². The summed E-state index contributed by atoms with van der Waals surface area (Å²) < 4.78 is 5.00. The van der Waals surface area contributed by atoms with Crippen LogP contribution in [0.1, 0.15) is 18.9 Å². The number of fused-ring (bicyclic) bond motifs is 1. The molecule has 0 aromatic heterocycles. The van der Waals surface area contributed by atoms with Crippen molar-refractivity contribution in [3.8, 4) is 0 Å². The molecule has 0 N–H and O–H groups in total. The summed E-state index contributed by atoms with van der Waals surface area (Å²) in [4.78, 5) is 29.9. The van der Waals surface area contributed by atoms with E-state index in [9.17, 15) is 9.59 Å². The second-order valence-corrected chi connectivity index (χ2v) is 6.18. The van der Waals surface area contributed by atoms with Crippen molar-refractivity contribution >= 4 is 17.7 Å². The topological polar surface area (TPSA) is 53.1 Å². The molecule has 6 heteroatoms. The predicted octanol–water partition coefficient (Wildman–Crippen LogP) is 1.74. The fraction of sp³-hybridized carbons (Fsp3) is 0.556. The zero-order valence-corrected chi connectivity index (χ0v) is 14.2. The van der Waals surface area contributed by atoms with Gasteiger partial charge in [-0.15, -0.1) is 0 Å². The number of amides is 2. The zero-order valence-electron chi connectivity index (χ0n) is 14.2. The number of hydrogen-bond donors (Lipinski definition) is 0. The third kappa shape index (κ3) is 3.63. The van der Waals surface area contributed by atoms with Gasteiger partial charge in [0.1, 0.15) is 0 Å². The van der Waals surface area contributed by atoms with Crippen LogP contribution in [0.5, 0.6) is 0 Å². The van der Waals surface area contributed by atoms with Crippen LogP contribution in [0.4, 0.5) is 10.5 Å². The van der Waals surface area contributed by atoms with E-state index < -0.39 is 0 Å². The highest BCUT2D eigenvalue weighted by Gasteiger charge is 2.25. The van der Waals surface area contributed by atoms with Crippen LogP contribution in [0, 0.1) is 0 Å². The standard InChI is InChI=1S/C18H25N3O3/c1-2-24-18(23)21-13-11-20(12-14-21)17(22)8-10-19-9-7-15-5-3-4-6-16(15)19/h3-6H,2,7-14H2,1H3. The number of piperazine rings is 1. The molecule has 0 bridgehead atoms. The second kappa shape index (κ2) is 7.55. The lowest BCUT2D eigenvalue weighted by Gasteiger charge is -2.34. The molecule has 3 rings (SSSR count). The highest BCUT2D eigenvalue weighted by Crippen LogP contribution is 2.27. The molecule has 1 saturated heterocycles. The lowest BCUT2D eigenvalue weighted by molar-refractivity contribution is -0.132. The van der Waals surface area contributed by atoms with E-state index in [0.29, 0.717) is 39.2 Å². The first-order valence-corrected chi connectivity index (χ1v) is 8.71. The van der Waals surface area contributed by atoms with Crippen molar-refractivity contribution in [3.05, 3.63) is 29.8 Å². The fourth-order valence-electron chi connectivity index (χ4n) is 3.38. The molecule has 130 valence electrons. The van der Waals surface area contributed by atoms with E-state index in [1.165, 1.54) is 11.3 Å². The number of rotatable bonds is 4. The maximum absolute atomic E-state index is 12.4. The molecule has 1 fully saturated rings. The molecule has 2 heterocycles. The summed E-state index contributed by atoms with van der Waals surface area (Å²) in [5, 5.41) is 0. The van der Waals surface area contributed by atoms with Gasteiger partial charge in [0.2, 0.25) is 5.91 Å².